The van der Waals surface area contributed by atoms with Gasteiger partial charge < -0.3 is 25.0 Å². The summed E-state index contributed by atoms with van der Waals surface area (Å²) in [4.78, 5) is 30.8. The highest BCUT2D eigenvalue weighted by Gasteiger charge is 2.41. The molecule has 3 amide bonds. The molecule has 11 nitrogen and oxygen atoms in total. The SMILES string of the molecule is O=C(NCCN1CCOCC1)C1CN(C(=O)Nc2ccc(OCc3ccccc3)cc2)CCN1S(=O)(=O)c1ccc(-c2ccccc2)cc1. The first-order chi connectivity index (χ1) is 23.9. The van der Waals surface area contributed by atoms with Gasteiger partial charge in [0.05, 0.1) is 18.1 Å². The second-order valence-electron chi connectivity index (χ2n) is 11.9. The Morgan fingerprint density at radius 3 is 2.12 bits per heavy atom. The zero-order valence-electron chi connectivity index (χ0n) is 27.2. The minimum atomic E-state index is -4.07. The lowest BCUT2D eigenvalue weighted by Crippen LogP contribution is -2.62. The Hall–Kier alpha value is -4.75. The number of carbonyl (C=O) groups is 2. The van der Waals surface area contributed by atoms with E-state index in [1.807, 2.05) is 60.7 Å². The van der Waals surface area contributed by atoms with Crippen LogP contribution in [0.3, 0.4) is 0 Å². The van der Waals surface area contributed by atoms with E-state index in [-0.39, 0.29) is 24.5 Å². The molecule has 49 heavy (non-hydrogen) atoms. The highest BCUT2D eigenvalue weighted by molar-refractivity contribution is 7.89. The van der Waals surface area contributed by atoms with E-state index in [1.165, 1.54) is 9.21 Å². The maximum atomic E-state index is 14.0. The molecule has 2 aliphatic heterocycles. The van der Waals surface area contributed by atoms with Crippen molar-refractivity contribution >= 4 is 27.6 Å². The molecular formula is C37H41N5O6S. The summed E-state index contributed by atoms with van der Waals surface area (Å²) in [6.07, 6.45) is 0. The van der Waals surface area contributed by atoms with Crippen molar-refractivity contribution in [2.75, 3.05) is 64.3 Å². The quantitative estimate of drug-likeness (QED) is 0.242. The smallest absolute Gasteiger partial charge is 0.321 e. The molecule has 0 radical (unpaired) electrons. The summed E-state index contributed by atoms with van der Waals surface area (Å²) in [5.74, 6) is 0.210. The van der Waals surface area contributed by atoms with Crippen LogP contribution in [0.2, 0.25) is 0 Å². The van der Waals surface area contributed by atoms with Crippen LogP contribution in [0.1, 0.15) is 5.56 Å². The molecule has 1 atom stereocenters. The first-order valence-corrected chi connectivity index (χ1v) is 17.9. The van der Waals surface area contributed by atoms with Gasteiger partial charge in [-0.25, -0.2) is 13.2 Å². The van der Waals surface area contributed by atoms with Crippen molar-refractivity contribution in [3.8, 4) is 16.9 Å². The van der Waals surface area contributed by atoms with Crippen LogP contribution in [0.5, 0.6) is 5.75 Å². The number of nitrogens with one attached hydrogen (secondary N) is 2. The van der Waals surface area contributed by atoms with E-state index < -0.39 is 28.0 Å². The number of benzene rings is 4. The fourth-order valence-electron chi connectivity index (χ4n) is 5.90. The number of amides is 3. The van der Waals surface area contributed by atoms with Crippen molar-refractivity contribution in [2.24, 2.45) is 0 Å². The number of hydrogen-bond donors (Lipinski definition) is 2. The van der Waals surface area contributed by atoms with Crippen LogP contribution in [-0.4, -0.2) is 99.5 Å². The molecule has 6 rings (SSSR count). The maximum absolute atomic E-state index is 14.0. The van der Waals surface area contributed by atoms with Crippen LogP contribution >= 0.6 is 0 Å². The maximum Gasteiger partial charge on any atom is 0.321 e. The summed E-state index contributed by atoms with van der Waals surface area (Å²) >= 11 is 0. The van der Waals surface area contributed by atoms with E-state index in [0.29, 0.717) is 44.3 Å². The van der Waals surface area contributed by atoms with Crippen LogP contribution in [-0.2, 0) is 26.2 Å². The zero-order chi connectivity index (χ0) is 34.1. The van der Waals surface area contributed by atoms with Gasteiger partial charge in [0.25, 0.3) is 0 Å². The summed E-state index contributed by atoms with van der Waals surface area (Å²) in [7, 11) is -4.07. The molecule has 2 aliphatic rings. The van der Waals surface area contributed by atoms with Crippen molar-refractivity contribution in [1.82, 2.24) is 19.4 Å². The van der Waals surface area contributed by atoms with E-state index in [1.54, 1.807) is 48.5 Å². The third kappa shape index (κ3) is 8.84. The van der Waals surface area contributed by atoms with Crippen molar-refractivity contribution in [3.05, 3.63) is 115 Å². The van der Waals surface area contributed by atoms with E-state index in [4.69, 9.17) is 9.47 Å². The molecule has 1 unspecified atom stereocenters. The average Bonchev–Trinajstić information content (AvgIpc) is 3.15. The summed E-state index contributed by atoms with van der Waals surface area (Å²) in [6, 6.07) is 31.7. The van der Waals surface area contributed by atoms with Gasteiger partial charge in [-0.2, -0.15) is 4.31 Å². The summed E-state index contributed by atoms with van der Waals surface area (Å²) in [5.41, 5.74) is 3.45. The summed E-state index contributed by atoms with van der Waals surface area (Å²) in [5, 5.41) is 5.80. The van der Waals surface area contributed by atoms with Crippen LogP contribution in [0.15, 0.2) is 114 Å². The fourth-order valence-corrected chi connectivity index (χ4v) is 7.47. The van der Waals surface area contributed by atoms with Gasteiger partial charge in [-0.05, 0) is 53.1 Å². The van der Waals surface area contributed by atoms with Crippen LogP contribution < -0.4 is 15.4 Å². The van der Waals surface area contributed by atoms with Gasteiger partial charge in [0, 0.05) is 51.5 Å². The lowest BCUT2D eigenvalue weighted by molar-refractivity contribution is -0.126. The van der Waals surface area contributed by atoms with Gasteiger partial charge in [-0.3, -0.25) is 9.69 Å². The summed E-state index contributed by atoms with van der Waals surface area (Å²) < 4.78 is 40.5. The molecule has 4 aromatic carbocycles. The number of piperazine rings is 1. The Morgan fingerprint density at radius 2 is 1.43 bits per heavy atom. The summed E-state index contributed by atoms with van der Waals surface area (Å²) in [6.45, 7) is 4.18. The van der Waals surface area contributed by atoms with Crippen molar-refractivity contribution in [3.63, 3.8) is 0 Å². The number of nitrogens with zero attached hydrogens (tertiary/aromatic N) is 3. The second-order valence-corrected chi connectivity index (χ2v) is 13.8. The molecule has 0 bridgehead atoms. The molecule has 0 aromatic heterocycles. The van der Waals surface area contributed by atoms with Crippen molar-refractivity contribution < 1.29 is 27.5 Å². The number of ether oxygens (including phenoxy) is 2. The first-order valence-electron chi connectivity index (χ1n) is 16.4. The van der Waals surface area contributed by atoms with Gasteiger partial charge in [-0.15, -0.1) is 0 Å². The molecule has 2 fully saturated rings. The number of carbonyl (C=O) groups excluding carboxylic acids is 2. The van der Waals surface area contributed by atoms with E-state index in [0.717, 1.165) is 29.8 Å². The molecule has 0 spiro atoms. The van der Waals surface area contributed by atoms with Gasteiger partial charge in [0.2, 0.25) is 15.9 Å². The Balaban J connectivity index is 1.13. The predicted molar refractivity (Wildman–Crippen MR) is 188 cm³/mol. The minimum Gasteiger partial charge on any atom is -0.489 e. The number of rotatable bonds is 11. The number of anilines is 1. The predicted octanol–water partition coefficient (Wildman–Crippen LogP) is 4.29. The number of urea groups is 1. The minimum absolute atomic E-state index is 0.0377. The largest absolute Gasteiger partial charge is 0.489 e. The topological polar surface area (TPSA) is 121 Å². The van der Waals surface area contributed by atoms with Crippen molar-refractivity contribution in [2.45, 2.75) is 17.5 Å². The van der Waals surface area contributed by atoms with Gasteiger partial charge in [0.15, 0.2) is 0 Å². The number of morpholine rings is 1. The Bertz CT molecular complexity index is 1780. The molecule has 4 aromatic rings. The van der Waals surface area contributed by atoms with Gasteiger partial charge in [0.1, 0.15) is 18.4 Å². The molecule has 2 N–H and O–H groups in total. The fraction of sp³-hybridized carbons (Fsp3) is 0.297. The Kier molecular flexibility index (Phi) is 11.2. The van der Waals surface area contributed by atoms with E-state index in [2.05, 4.69) is 15.5 Å². The van der Waals surface area contributed by atoms with E-state index in [9.17, 15) is 18.0 Å². The lowest BCUT2D eigenvalue weighted by atomic mass is 10.1. The molecule has 12 heteroatoms. The molecule has 2 heterocycles. The van der Waals surface area contributed by atoms with Crippen LogP contribution in [0, 0.1) is 0 Å². The molecule has 2 saturated heterocycles. The third-order valence-electron chi connectivity index (χ3n) is 8.67. The number of sulfonamides is 1. The molecule has 256 valence electrons. The number of hydrogen-bond acceptors (Lipinski definition) is 7. The zero-order valence-corrected chi connectivity index (χ0v) is 28.1. The molecule has 0 saturated carbocycles. The average molecular weight is 684 g/mol. The van der Waals surface area contributed by atoms with E-state index >= 15 is 0 Å². The monoisotopic (exact) mass is 683 g/mol. The highest BCUT2D eigenvalue weighted by Crippen LogP contribution is 2.26. The molecule has 0 aliphatic carbocycles. The second kappa shape index (κ2) is 16.1. The van der Waals surface area contributed by atoms with Crippen molar-refractivity contribution in [1.29, 1.82) is 0 Å². The first kappa shape index (κ1) is 34.1. The third-order valence-corrected chi connectivity index (χ3v) is 10.6. The molecular weight excluding hydrogens is 643 g/mol. The van der Waals surface area contributed by atoms with Gasteiger partial charge >= 0.3 is 6.03 Å². The highest BCUT2D eigenvalue weighted by atomic mass is 32.2. The standard InChI is InChI=1S/C37H41N5O6S/c43-36(38-19-20-40-23-25-47-26-24-40)35-27-41(37(44)39-32-13-15-33(16-14-32)48-28-29-7-3-1-4-8-29)21-22-42(35)49(45,46)34-17-11-31(12-18-34)30-9-5-2-6-10-30/h1-18,35H,19-28H2,(H,38,43)(H,39,44). The Labute approximate surface area is 287 Å². The normalized spacial score (nSPS) is 17.3. The van der Waals surface area contributed by atoms with Gasteiger partial charge in [-0.1, -0.05) is 72.8 Å². The lowest BCUT2D eigenvalue weighted by Gasteiger charge is -2.39. The van der Waals surface area contributed by atoms with Crippen LogP contribution in [0.25, 0.3) is 11.1 Å². The van der Waals surface area contributed by atoms with Crippen LogP contribution in [0.4, 0.5) is 10.5 Å². The Morgan fingerprint density at radius 1 is 0.776 bits per heavy atom.